The van der Waals surface area contributed by atoms with Crippen molar-refractivity contribution in [2.75, 3.05) is 6.54 Å². The lowest BCUT2D eigenvalue weighted by Crippen LogP contribution is -2.42. The highest BCUT2D eigenvalue weighted by Crippen LogP contribution is 2.23. The second kappa shape index (κ2) is 5.87. The minimum Gasteiger partial charge on any atom is -0.423 e. The monoisotopic (exact) mass is 247 g/mol. The van der Waals surface area contributed by atoms with Crippen LogP contribution in [0.1, 0.15) is 32.3 Å². The van der Waals surface area contributed by atoms with Gasteiger partial charge in [-0.3, -0.25) is 4.90 Å². The molecule has 0 saturated carbocycles. The van der Waals surface area contributed by atoms with E-state index in [-0.39, 0.29) is 0 Å². The van der Waals surface area contributed by atoms with Gasteiger partial charge in [-0.15, -0.1) is 0 Å². The molecule has 1 aromatic carbocycles. The summed E-state index contributed by atoms with van der Waals surface area (Å²) in [5, 5.41) is 18.8. The molecule has 2 unspecified atom stereocenters. The van der Waals surface area contributed by atoms with Crippen molar-refractivity contribution in [1.82, 2.24) is 4.90 Å². The number of rotatable bonds is 3. The molecule has 1 aliphatic rings. The average molecular weight is 247 g/mol. The first kappa shape index (κ1) is 13.6. The predicted octanol–water partition coefficient (Wildman–Crippen LogP) is 0.987. The lowest BCUT2D eigenvalue weighted by molar-refractivity contribution is 0.122. The van der Waals surface area contributed by atoms with Crippen LogP contribution in [0, 0.1) is 5.92 Å². The van der Waals surface area contributed by atoms with Gasteiger partial charge in [-0.05, 0) is 43.3 Å². The third kappa shape index (κ3) is 3.13. The zero-order valence-electron chi connectivity index (χ0n) is 11.2. The van der Waals surface area contributed by atoms with Gasteiger partial charge in [0.05, 0.1) is 0 Å². The van der Waals surface area contributed by atoms with Crippen LogP contribution in [-0.4, -0.2) is 34.7 Å². The fourth-order valence-corrected chi connectivity index (χ4v) is 2.84. The molecule has 1 heterocycles. The van der Waals surface area contributed by atoms with Gasteiger partial charge < -0.3 is 10.0 Å². The zero-order valence-corrected chi connectivity index (χ0v) is 11.2. The Morgan fingerprint density at radius 1 is 1.28 bits per heavy atom. The lowest BCUT2D eigenvalue weighted by Gasteiger charge is -2.36. The molecule has 3 nitrogen and oxygen atoms in total. The van der Waals surface area contributed by atoms with Crippen molar-refractivity contribution in [2.45, 2.75) is 39.3 Å². The summed E-state index contributed by atoms with van der Waals surface area (Å²) >= 11 is 0. The number of likely N-dealkylation sites (tertiary alicyclic amines) is 1. The largest absolute Gasteiger partial charge is 0.488 e. The van der Waals surface area contributed by atoms with Gasteiger partial charge in [0, 0.05) is 12.6 Å². The molecule has 0 aliphatic carbocycles. The molecular weight excluding hydrogens is 225 g/mol. The SMILES string of the molecule is CC1CCN(Cc2ccccc2B(O)O)C(C)C1. The molecule has 1 saturated heterocycles. The minimum absolute atomic E-state index is 0.567. The van der Waals surface area contributed by atoms with Crippen LogP contribution in [0.3, 0.4) is 0 Å². The Balaban J connectivity index is 2.09. The highest BCUT2D eigenvalue weighted by molar-refractivity contribution is 6.59. The van der Waals surface area contributed by atoms with Gasteiger partial charge in [0.2, 0.25) is 0 Å². The van der Waals surface area contributed by atoms with Crippen molar-refractivity contribution >= 4 is 12.6 Å². The van der Waals surface area contributed by atoms with Gasteiger partial charge in [-0.1, -0.05) is 31.2 Å². The van der Waals surface area contributed by atoms with E-state index < -0.39 is 7.12 Å². The highest BCUT2D eigenvalue weighted by atomic mass is 16.4. The summed E-state index contributed by atoms with van der Waals surface area (Å²) in [6, 6.07) is 8.15. The molecule has 2 atom stereocenters. The summed E-state index contributed by atoms with van der Waals surface area (Å²) in [4.78, 5) is 2.43. The topological polar surface area (TPSA) is 43.7 Å². The Morgan fingerprint density at radius 2 is 2.00 bits per heavy atom. The number of hydrogen-bond donors (Lipinski definition) is 2. The Morgan fingerprint density at radius 3 is 2.67 bits per heavy atom. The summed E-state index contributed by atoms with van der Waals surface area (Å²) < 4.78 is 0. The van der Waals surface area contributed by atoms with Crippen molar-refractivity contribution in [1.29, 1.82) is 0 Å². The van der Waals surface area contributed by atoms with Crippen molar-refractivity contribution in [3.05, 3.63) is 29.8 Å². The summed E-state index contributed by atoms with van der Waals surface area (Å²) in [5.41, 5.74) is 1.65. The van der Waals surface area contributed by atoms with E-state index in [0.29, 0.717) is 11.5 Å². The first-order valence-electron chi connectivity index (χ1n) is 6.76. The molecule has 4 heteroatoms. The minimum atomic E-state index is -1.37. The van der Waals surface area contributed by atoms with Gasteiger partial charge in [0.15, 0.2) is 0 Å². The van der Waals surface area contributed by atoms with E-state index in [0.717, 1.165) is 24.6 Å². The Labute approximate surface area is 110 Å². The highest BCUT2D eigenvalue weighted by Gasteiger charge is 2.24. The fraction of sp³-hybridized carbons (Fsp3) is 0.571. The Bertz CT molecular complexity index is 397. The zero-order chi connectivity index (χ0) is 13.1. The summed E-state index contributed by atoms with van der Waals surface area (Å²) in [7, 11) is -1.37. The van der Waals surface area contributed by atoms with Gasteiger partial charge in [0.1, 0.15) is 0 Å². The van der Waals surface area contributed by atoms with Crippen LogP contribution in [0.25, 0.3) is 0 Å². The number of benzene rings is 1. The maximum absolute atomic E-state index is 9.38. The Hall–Kier alpha value is -0.835. The van der Waals surface area contributed by atoms with Crippen LogP contribution in [0.2, 0.25) is 0 Å². The fourth-order valence-electron chi connectivity index (χ4n) is 2.84. The van der Waals surface area contributed by atoms with E-state index in [4.69, 9.17) is 0 Å². The molecule has 98 valence electrons. The third-order valence-electron chi connectivity index (χ3n) is 3.98. The quantitative estimate of drug-likeness (QED) is 0.783. The maximum atomic E-state index is 9.38. The van der Waals surface area contributed by atoms with Crippen LogP contribution in [0.5, 0.6) is 0 Å². The van der Waals surface area contributed by atoms with Gasteiger partial charge in [-0.25, -0.2) is 0 Å². The average Bonchev–Trinajstić information content (AvgIpc) is 2.33. The van der Waals surface area contributed by atoms with Gasteiger partial charge >= 0.3 is 7.12 Å². The summed E-state index contributed by atoms with van der Waals surface area (Å²) in [5.74, 6) is 0.801. The molecular formula is C14H22BNO2. The van der Waals surface area contributed by atoms with Crippen LogP contribution < -0.4 is 5.46 Å². The standard InChI is InChI=1S/C14H22BNO2/c1-11-7-8-16(12(2)9-11)10-13-5-3-4-6-14(13)15(17)18/h3-6,11-12,17-18H,7-10H2,1-2H3. The molecule has 1 aromatic rings. The third-order valence-corrected chi connectivity index (χ3v) is 3.98. The number of hydrogen-bond acceptors (Lipinski definition) is 3. The first-order valence-corrected chi connectivity index (χ1v) is 6.76. The molecule has 2 N–H and O–H groups in total. The molecule has 1 aliphatic heterocycles. The van der Waals surface area contributed by atoms with Crippen LogP contribution in [0.4, 0.5) is 0 Å². The number of nitrogens with zero attached hydrogens (tertiary/aromatic N) is 1. The predicted molar refractivity (Wildman–Crippen MR) is 74.5 cm³/mol. The van der Waals surface area contributed by atoms with Gasteiger partial charge in [0.25, 0.3) is 0 Å². The molecule has 0 bridgehead atoms. The molecule has 2 rings (SSSR count). The molecule has 0 amide bonds. The van der Waals surface area contributed by atoms with E-state index in [1.54, 1.807) is 6.07 Å². The number of piperidine rings is 1. The maximum Gasteiger partial charge on any atom is 0.488 e. The normalized spacial score (nSPS) is 25.1. The molecule has 0 aromatic heterocycles. The van der Waals surface area contributed by atoms with Crippen molar-refractivity contribution in [3.63, 3.8) is 0 Å². The smallest absolute Gasteiger partial charge is 0.423 e. The van der Waals surface area contributed by atoms with Crippen LogP contribution in [0.15, 0.2) is 24.3 Å². The van der Waals surface area contributed by atoms with Crippen molar-refractivity contribution < 1.29 is 10.0 Å². The van der Waals surface area contributed by atoms with E-state index in [1.165, 1.54) is 12.8 Å². The summed E-state index contributed by atoms with van der Waals surface area (Å²) in [6.07, 6.45) is 2.46. The summed E-state index contributed by atoms with van der Waals surface area (Å²) in [6.45, 7) is 6.47. The second-order valence-electron chi connectivity index (χ2n) is 5.52. The molecule has 0 radical (unpaired) electrons. The van der Waals surface area contributed by atoms with E-state index in [1.807, 2.05) is 18.2 Å². The van der Waals surface area contributed by atoms with Crippen molar-refractivity contribution in [2.24, 2.45) is 5.92 Å². The van der Waals surface area contributed by atoms with Gasteiger partial charge in [-0.2, -0.15) is 0 Å². The Kier molecular flexibility index (Phi) is 4.43. The molecule has 0 spiro atoms. The van der Waals surface area contributed by atoms with E-state index in [9.17, 15) is 10.0 Å². The first-order chi connectivity index (χ1) is 8.58. The van der Waals surface area contributed by atoms with Crippen LogP contribution in [-0.2, 0) is 6.54 Å². The molecule has 18 heavy (non-hydrogen) atoms. The van der Waals surface area contributed by atoms with E-state index >= 15 is 0 Å². The lowest BCUT2D eigenvalue weighted by atomic mass is 9.76. The second-order valence-corrected chi connectivity index (χ2v) is 5.52. The van der Waals surface area contributed by atoms with Crippen molar-refractivity contribution in [3.8, 4) is 0 Å². The molecule has 1 fully saturated rings. The van der Waals surface area contributed by atoms with E-state index in [2.05, 4.69) is 18.7 Å². The van der Waals surface area contributed by atoms with Crippen LogP contribution >= 0.6 is 0 Å².